The van der Waals surface area contributed by atoms with E-state index in [1.54, 1.807) is 0 Å². The molecule has 0 aliphatic carbocycles. The average Bonchev–Trinajstić information content (AvgIpc) is 3.70. The van der Waals surface area contributed by atoms with Gasteiger partial charge < -0.3 is 0 Å². The molecule has 0 amide bonds. The number of fused-ring (bicyclic) bond motifs is 20. The number of hydrogen-bond acceptors (Lipinski definition) is 0. The van der Waals surface area contributed by atoms with Crippen LogP contribution in [0.3, 0.4) is 0 Å². The Morgan fingerprint density at radius 1 is 0.500 bits per heavy atom. The molecule has 2 spiro atoms. The van der Waals surface area contributed by atoms with Crippen LogP contribution >= 0.6 is 0 Å². The molecule has 21 rings (SSSR count). The van der Waals surface area contributed by atoms with Crippen LogP contribution in [0.5, 0.6) is 0 Å². The second-order valence-electron chi connectivity index (χ2n) is 21.4. The van der Waals surface area contributed by atoms with Gasteiger partial charge in [-0.3, -0.25) is 0 Å². The van der Waals surface area contributed by atoms with Gasteiger partial charge in [-0.25, -0.2) is 0 Å². The molecule has 0 N–H and O–H groups in total. The van der Waals surface area contributed by atoms with Gasteiger partial charge >= 0.3 is 167 Å². The molecule has 20 aliphatic heterocycles. The maximum atomic E-state index is 4.21. The predicted octanol–water partition coefficient (Wildman–Crippen LogP) is 7.91. The molecule has 158 valence electrons. The van der Waals surface area contributed by atoms with Gasteiger partial charge in [0.1, 0.15) is 0 Å². The third-order valence-electron chi connectivity index (χ3n) is 31.0. The fourth-order valence-electron chi connectivity index (χ4n) is 34.0. The van der Waals surface area contributed by atoms with Crippen LogP contribution in [0, 0.1) is 23.7 Å². The summed E-state index contributed by atoms with van der Waals surface area (Å²) in [6.07, 6.45) is 0. The molecular formula is C30H22Fe2. The van der Waals surface area contributed by atoms with E-state index in [2.05, 4.69) is 47.9 Å². The number of rotatable bonds is 0. The second kappa shape index (κ2) is 0.914. The molecule has 0 aromatic heterocycles. The first-order valence-corrected chi connectivity index (χ1v) is 26.4. The summed E-state index contributed by atoms with van der Waals surface area (Å²) in [4.78, 5) is 24.9. The average molecular weight is 494 g/mol. The van der Waals surface area contributed by atoms with Crippen LogP contribution in [0.15, 0.2) is 24.3 Å². The monoisotopic (exact) mass is 494 g/mol. The van der Waals surface area contributed by atoms with E-state index >= 15 is 0 Å². The van der Waals surface area contributed by atoms with Gasteiger partial charge in [-0.1, -0.05) is 0 Å². The minimum absolute atomic E-state index is 0.754. The zero-order valence-corrected chi connectivity index (χ0v) is 19.6. The van der Waals surface area contributed by atoms with Crippen LogP contribution in [0.4, 0.5) is 0 Å². The van der Waals surface area contributed by atoms with Gasteiger partial charge in [0.25, 0.3) is 0 Å². The van der Waals surface area contributed by atoms with Crippen molar-refractivity contribution in [1.29, 1.82) is 0 Å². The van der Waals surface area contributed by atoms with Crippen molar-refractivity contribution in [3.8, 4) is 23.7 Å². The Hall–Kier alpha value is -0.621. The van der Waals surface area contributed by atoms with Crippen LogP contribution in [-0.4, -0.2) is 0 Å². The zero-order chi connectivity index (χ0) is 18.8. The summed E-state index contributed by atoms with van der Waals surface area (Å²) in [6.45, 7) is -6.04. The van der Waals surface area contributed by atoms with Gasteiger partial charge in [0.15, 0.2) is 0 Å². The van der Waals surface area contributed by atoms with Crippen molar-refractivity contribution in [2.24, 2.45) is 0 Å². The van der Waals surface area contributed by atoms with Crippen LogP contribution in [-0.2, 0) is 13.0 Å². The first-order valence-electron chi connectivity index (χ1n) is 13.8. The summed E-state index contributed by atoms with van der Waals surface area (Å²) in [7, 11) is 0. The number of benzene rings is 1. The van der Waals surface area contributed by atoms with E-state index in [1.165, 1.54) is 97.8 Å². The summed E-state index contributed by atoms with van der Waals surface area (Å²) >= 11 is 0. The summed E-state index contributed by atoms with van der Waals surface area (Å²) in [5.74, 6) is 16.1. The molecule has 20 aliphatic rings. The topological polar surface area (TPSA) is 0 Å². The Kier molecular flexibility index (Phi) is 0.313. The molecule has 0 bridgehead atoms. The Morgan fingerprint density at radius 2 is 0.844 bits per heavy atom. The summed E-state index contributed by atoms with van der Waals surface area (Å²) in [5, 5.41) is 0. The maximum absolute atomic E-state index is 4.21. The van der Waals surface area contributed by atoms with E-state index in [0.29, 0.717) is 0 Å². The fourth-order valence-corrected chi connectivity index (χ4v) is 180. The van der Waals surface area contributed by atoms with E-state index < -0.39 is 13.0 Å². The van der Waals surface area contributed by atoms with Gasteiger partial charge in [-0.15, -0.1) is 0 Å². The molecule has 1 aromatic rings. The second-order valence-corrected chi connectivity index (χ2v) is 68.6. The summed E-state index contributed by atoms with van der Waals surface area (Å²) < 4.78 is 1.51. The minimum atomic E-state index is -3.02. The molecule has 20 saturated heterocycles. The molecule has 0 radical (unpaired) electrons. The standard InChI is InChI=1S/C20H12.2C5H5.2Fe/c1-2-7-17(6-1)12-14-19-10-5-11-20(16-19)15-13-18-8-3-4-9-18;2*1-2-4-5-3-1;;/h1-11,16H;2*1-5H;;. The van der Waals surface area contributed by atoms with E-state index in [9.17, 15) is 0 Å². The van der Waals surface area contributed by atoms with Crippen LogP contribution in [0.1, 0.15) is 11.1 Å². The molecule has 20 heterocycles. The fraction of sp³-hybridized carbons (Fsp3) is 0.667. The van der Waals surface area contributed by atoms with Crippen LogP contribution < -0.4 is 0 Å². The molecule has 0 nitrogen and oxygen atoms in total. The summed E-state index contributed by atoms with van der Waals surface area (Å²) in [5.41, 5.74) is 2.64. The Labute approximate surface area is 166 Å². The van der Waals surface area contributed by atoms with E-state index in [0.717, 1.165) is 8.63 Å². The molecule has 8 unspecified atom stereocenters. The molecule has 2 heteroatoms. The third-order valence-corrected chi connectivity index (χ3v) is 115. The van der Waals surface area contributed by atoms with Crippen molar-refractivity contribution >= 4 is 0 Å². The van der Waals surface area contributed by atoms with Crippen LogP contribution in [0.25, 0.3) is 0 Å². The third kappa shape index (κ3) is 0.118. The zero-order valence-electron chi connectivity index (χ0n) is 17.4. The Morgan fingerprint density at radius 3 is 1.09 bits per heavy atom. The predicted molar refractivity (Wildman–Crippen MR) is 113 cm³/mol. The van der Waals surface area contributed by atoms with Gasteiger partial charge in [0.2, 0.25) is 0 Å². The normalized spacial score (nSPS) is 125. The number of hydrogen-bond donors (Lipinski definition) is 0. The van der Waals surface area contributed by atoms with Crippen molar-refractivity contribution in [3.05, 3.63) is 35.4 Å². The van der Waals surface area contributed by atoms with Gasteiger partial charge in [-0.2, -0.15) is 0 Å². The van der Waals surface area contributed by atoms with Crippen molar-refractivity contribution in [3.63, 3.8) is 0 Å². The van der Waals surface area contributed by atoms with Crippen LogP contribution in [0.2, 0.25) is 95.3 Å². The first-order chi connectivity index (χ1) is 15.2. The van der Waals surface area contributed by atoms with E-state index in [1.807, 2.05) is 0 Å². The molecule has 0 saturated carbocycles. The van der Waals surface area contributed by atoms with Gasteiger partial charge in [0.05, 0.1) is 0 Å². The van der Waals surface area contributed by atoms with Gasteiger partial charge in [-0.05, 0) is 0 Å². The van der Waals surface area contributed by atoms with E-state index in [-0.39, 0.29) is 0 Å². The van der Waals surface area contributed by atoms with Crippen molar-refractivity contribution in [1.82, 2.24) is 0 Å². The van der Waals surface area contributed by atoms with Gasteiger partial charge in [0, 0.05) is 0 Å². The SMILES string of the molecule is C(#C[C]12[CH]3[CH]4[CH]5[CH]1[Fe]45321678[CH]2[CH]1[CH]6[CH]7[CH]28)c1cccc(C#C[C]23[CH]4[CH]5[CH]6[CH]2[Fe]56432789[CH]3[CH]2[CH]7[CH]8[CH]39)c1. The first kappa shape index (κ1) is 11.0. The molecule has 32 heavy (non-hydrogen) atoms. The quantitative estimate of drug-likeness (QED) is 0.254. The Bertz CT molecular complexity index is 2280. The Balaban J connectivity index is 0.826. The van der Waals surface area contributed by atoms with Crippen molar-refractivity contribution in [2.75, 3.05) is 0 Å². The molecule has 8 atom stereocenters. The molecule has 1 aromatic carbocycles. The summed E-state index contributed by atoms with van der Waals surface area (Å²) in [6, 6.07) is 9.32. The molecular weight excluding hydrogens is 472 g/mol. The van der Waals surface area contributed by atoms with E-state index in [4.69, 9.17) is 0 Å². The molecule has 20 fully saturated rings. The van der Waals surface area contributed by atoms with Crippen molar-refractivity contribution in [2.45, 2.75) is 95.3 Å². The van der Waals surface area contributed by atoms with Crippen molar-refractivity contribution < 1.29 is 13.0 Å².